The molecule has 4 fully saturated rings. The van der Waals surface area contributed by atoms with Crippen LogP contribution in [0.4, 0.5) is 0 Å². The molecule has 0 aromatic rings. The molecule has 7 heteroatoms. The number of ether oxygens (including phenoxy) is 1. The molecule has 0 heterocycles. The highest BCUT2D eigenvalue weighted by atomic mass is 32.2. The van der Waals surface area contributed by atoms with Gasteiger partial charge in [0.05, 0.1) is 11.8 Å². The van der Waals surface area contributed by atoms with Gasteiger partial charge in [-0.3, -0.25) is 4.79 Å². The standard InChI is InChI=1S/C26H42N2O4S/c1-19(17-27)24(29)32-23-16-20-14-15-26(23,25(20,2)3)18-33(30,31)28(21-10-6-4-7-11-21)22-12-8-5-9-13-22/h19-23H,4-16,18H2,1-3H3/t19-,20-,23-,26-/m1/s1. The molecule has 4 atom stereocenters. The molecular formula is C26H42N2O4S. The number of fused-ring (bicyclic) bond motifs is 2. The molecule has 0 radical (unpaired) electrons. The molecule has 33 heavy (non-hydrogen) atoms. The Morgan fingerprint density at radius 3 is 2.06 bits per heavy atom. The van der Waals surface area contributed by atoms with Gasteiger partial charge in [-0.05, 0) is 63.2 Å². The van der Waals surface area contributed by atoms with Crippen LogP contribution in [0.25, 0.3) is 0 Å². The zero-order chi connectivity index (χ0) is 23.9. The minimum absolute atomic E-state index is 0.0649. The Balaban J connectivity index is 1.64. The summed E-state index contributed by atoms with van der Waals surface area (Å²) in [5.41, 5.74) is -0.797. The number of sulfonamides is 1. The maximum absolute atomic E-state index is 14.3. The fraction of sp³-hybridized carbons (Fsp3) is 0.923. The molecule has 4 aliphatic carbocycles. The van der Waals surface area contributed by atoms with Crippen molar-refractivity contribution in [3.05, 3.63) is 0 Å². The van der Waals surface area contributed by atoms with Crippen molar-refractivity contribution in [1.29, 1.82) is 5.26 Å². The summed E-state index contributed by atoms with van der Waals surface area (Å²) in [6.07, 6.45) is 12.7. The SMILES string of the molecule is C[C@H](C#N)C(=O)O[C@@H]1C[C@H]2CC[C@]1(CS(=O)(=O)N(C1CCCCC1)C1CCCCC1)C2(C)C. The van der Waals surface area contributed by atoms with Crippen molar-refractivity contribution in [2.75, 3.05) is 5.75 Å². The maximum Gasteiger partial charge on any atom is 0.323 e. The molecule has 4 aliphatic rings. The predicted octanol–water partition coefficient (Wildman–Crippen LogP) is 5.18. The summed E-state index contributed by atoms with van der Waals surface area (Å²) >= 11 is 0. The van der Waals surface area contributed by atoms with E-state index < -0.39 is 33.4 Å². The quantitative estimate of drug-likeness (QED) is 0.470. The maximum atomic E-state index is 14.3. The fourth-order valence-electron chi connectivity index (χ4n) is 7.62. The third kappa shape index (κ3) is 4.47. The molecular weight excluding hydrogens is 436 g/mol. The monoisotopic (exact) mass is 478 g/mol. The van der Waals surface area contributed by atoms with Gasteiger partial charge in [-0.15, -0.1) is 0 Å². The number of esters is 1. The van der Waals surface area contributed by atoms with Crippen LogP contribution in [0.5, 0.6) is 0 Å². The minimum Gasteiger partial charge on any atom is -0.461 e. The van der Waals surface area contributed by atoms with Crippen LogP contribution in [0.15, 0.2) is 0 Å². The molecule has 186 valence electrons. The van der Waals surface area contributed by atoms with Gasteiger partial charge in [0, 0.05) is 17.5 Å². The summed E-state index contributed by atoms with van der Waals surface area (Å²) in [6, 6.07) is 2.20. The lowest BCUT2D eigenvalue weighted by atomic mass is 9.69. The fourth-order valence-corrected chi connectivity index (χ4v) is 10.5. The van der Waals surface area contributed by atoms with Crippen molar-refractivity contribution in [2.45, 2.75) is 122 Å². The molecule has 0 aromatic carbocycles. The van der Waals surface area contributed by atoms with Crippen LogP contribution in [-0.4, -0.2) is 42.6 Å². The molecule has 0 aromatic heterocycles. The van der Waals surface area contributed by atoms with Crippen molar-refractivity contribution >= 4 is 16.0 Å². The number of carbonyl (C=O) groups is 1. The van der Waals surface area contributed by atoms with Gasteiger partial charge in [-0.2, -0.15) is 9.57 Å². The van der Waals surface area contributed by atoms with Gasteiger partial charge in [0.2, 0.25) is 10.0 Å². The van der Waals surface area contributed by atoms with E-state index in [9.17, 15) is 18.5 Å². The summed E-state index contributed by atoms with van der Waals surface area (Å²) in [4.78, 5) is 12.5. The van der Waals surface area contributed by atoms with E-state index in [1.165, 1.54) is 12.8 Å². The highest BCUT2D eigenvalue weighted by Gasteiger charge is 2.67. The molecule has 0 spiro atoms. The first-order valence-corrected chi connectivity index (χ1v) is 14.8. The molecule has 6 nitrogen and oxygen atoms in total. The van der Waals surface area contributed by atoms with Crippen LogP contribution in [0.3, 0.4) is 0 Å². The van der Waals surface area contributed by atoms with Crippen LogP contribution in [0, 0.1) is 34.0 Å². The smallest absolute Gasteiger partial charge is 0.323 e. The number of carbonyl (C=O) groups excluding carboxylic acids is 1. The summed E-state index contributed by atoms with van der Waals surface area (Å²) in [6.45, 7) is 5.90. The second kappa shape index (κ2) is 9.49. The average molecular weight is 479 g/mol. The van der Waals surface area contributed by atoms with Crippen LogP contribution >= 0.6 is 0 Å². The van der Waals surface area contributed by atoms with E-state index in [-0.39, 0.29) is 23.3 Å². The molecule has 4 rings (SSSR count). The minimum atomic E-state index is -3.54. The summed E-state index contributed by atoms with van der Waals surface area (Å²) < 4.78 is 36.5. The Labute approximate surface area is 200 Å². The Bertz CT molecular complexity index is 849. The average Bonchev–Trinajstić information content (AvgIpc) is 3.14. The number of nitriles is 1. The predicted molar refractivity (Wildman–Crippen MR) is 128 cm³/mol. The van der Waals surface area contributed by atoms with E-state index in [1.807, 2.05) is 10.4 Å². The van der Waals surface area contributed by atoms with Crippen LogP contribution in [0.2, 0.25) is 0 Å². The second-order valence-corrected chi connectivity index (χ2v) is 13.7. The van der Waals surface area contributed by atoms with Gasteiger partial charge in [0.15, 0.2) is 0 Å². The zero-order valence-electron chi connectivity index (χ0n) is 20.7. The van der Waals surface area contributed by atoms with Crippen molar-refractivity contribution in [1.82, 2.24) is 4.31 Å². The Morgan fingerprint density at radius 1 is 1.03 bits per heavy atom. The van der Waals surface area contributed by atoms with E-state index in [0.29, 0.717) is 12.3 Å². The molecule has 0 saturated heterocycles. The molecule has 0 unspecified atom stereocenters. The highest BCUT2D eigenvalue weighted by Crippen LogP contribution is 2.67. The number of nitrogens with zero attached hydrogens (tertiary/aromatic N) is 2. The van der Waals surface area contributed by atoms with E-state index in [0.717, 1.165) is 64.2 Å². The normalized spacial score (nSPS) is 33.7. The summed E-state index contributed by atoms with van der Waals surface area (Å²) in [5.74, 6) is -0.934. The highest BCUT2D eigenvalue weighted by molar-refractivity contribution is 7.89. The van der Waals surface area contributed by atoms with Gasteiger partial charge in [0.1, 0.15) is 12.0 Å². The topological polar surface area (TPSA) is 87.5 Å². The van der Waals surface area contributed by atoms with E-state index >= 15 is 0 Å². The van der Waals surface area contributed by atoms with Gasteiger partial charge < -0.3 is 4.74 Å². The Kier molecular flexibility index (Phi) is 7.18. The summed E-state index contributed by atoms with van der Waals surface area (Å²) in [7, 11) is -3.54. The first-order chi connectivity index (χ1) is 15.6. The second-order valence-electron chi connectivity index (χ2n) is 11.8. The molecule has 2 bridgehead atoms. The number of hydrogen-bond donors (Lipinski definition) is 0. The molecule has 0 amide bonds. The van der Waals surface area contributed by atoms with Crippen LogP contribution in [0.1, 0.15) is 104 Å². The largest absolute Gasteiger partial charge is 0.461 e. The Hall–Kier alpha value is -1.13. The van der Waals surface area contributed by atoms with E-state index in [2.05, 4.69) is 13.8 Å². The lowest BCUT2D eigenvalue weighted by molar-refractivity contribution is -0.159. The van der Waals surface area contributed by atoms with Crippen molar-refractivity contribution < 1.29 is 17.9 Å². The third-order valence-electron chi connectivity index (χ3n) is 9.79. The number of hydrogen-bond acceptors (Lipinski definition) is 5. The molecule has 0 aliphatic heterocycles. The molecule has 0 N–H and O–H groups in total. The van der Waals surface area contributed by atoms with Crippen molar-refractivity contribution in [3.63, 3.8) is 0 Å². The lowest BCUT2D eigenvalue weighted by Gasteiger charge is -2.46. The Morgan fingerprint density at radius 2 is 1.58 bits per heavy atom. The zero-order valence-corrected chi connectivity index (χ0v) is 21.5. The van der Waals surface area contributed by atoms with E-state index in [1.54, 1.807) is 6.92 Å². The van der Waals surface area contributed by atoms with Gasteiger partial charge in [-0.1, -0.05) is 52.4 Å². The summed E-state index contributed by atoms with van der Waals surface area (Å²) in [5, 5.41) is 9.17. The van der Waals surface area contributed by atoms with Gasteiger partial charge >= 0.3 is 5.97 Å². The van der Waals surface area contributed by atoms with Gasteiger partial charge in [0.25, 0.3) is 0 Å². The number of rotatable bonds is 7. The third-order valence-corrected chi connectivity index (χ3v) is 11.9. The van der Waals surface area contributed by atoms with Crippen LogP contribution in [-0.2, 0) is 19.6 Å². The van der Waals surface area contributed by atoms with E-state index in [4.69, 9.17) is 4.74 Å². The van der Waals surface area contributed by atoms with Gasteiger partial charge in [-0.25, -0.2) is 8.42 Å². The van der Waals surface area contributed by atoms with Crippen molar-refractivity contribution in [3.8, 4) is 6.07 Å². The first kappa shape index (κ1) is 25.0. The van der Waals surface area contributed by atoms with Crippen LogP contribution < -0.4 is 0 Å². The lowest BCUT2D eigenvalue weighted by Crippen LogP contribution is -2.54. The first-order valence-electron chi connectivity index (χ1n) is 13.2. The van der Waals surface area contributed by atoms with Crippen molar-refractivity contribution in [2.24, 2.45) is 22.7 Å². The molecule has 4 saturated carbocycles.